The van der Waals surface area contributed by atoms with Crippen LogP contribution in [-0.2, 0) is 0 Å². The molecule has 0 aliphatic carbocycles. The number of methoxy groups -OCH3 is 1. The van der Waals surface area contributed by atoms with Crippen molar-refractivity contribution in [1.29, 1.82) is 0 Å². The Morgan fingerprint density at radius 1 is 1.57 bits per heavy atom. The van der Waals surface area contributed by atoms with Gasteiger partial charge in [-0.25, -0.2) is 4.98 Å². The molecule has 0 aliphatic rings. The van der Waals surface area contributed by atoms with Gasteiger partial charge >= 0.3 is 0 Å². The van der Waals surface area contributed by atoms with E-state index < -0.39 is 0 Å². The Bertz CT molecular complexity index is 276. The van der Waals surface area contributed by atoms with Crippen molar-refractivity contribution in [2.24, 2.45) is 0 Å². The van der Waals surface area contributed by atoms with E-state index in [9.17, 15) is 0 Å². The first-order chi connectivity index (χ1) is 6.77. The maximum absolute atomic E-state index is 5.20. The summed E-state index contributed by atoms with van der Waals surface area (Å²) in [4.78, 5) is 4.24. The van der Waals surface area contributed by atoms with E-state index in [4.69, 9.17) is 4.74 Å². The number of aromatic nitrogens is 1. The molecule has 0 saturated carbocycles. The minimum absolute atomic E-state index is 0.434. The summed E-state index contributed by atoms with van der Waals surface area (Å²) in [5.74, 6) is 1.63. The standard InChI is InChI=1S/C11H18N2O/c1-4-6-9(2)13-11-10(14-3)7-5-8-12-11/h5,7-9H,4,6H2,1-3H3,(H,12,13). The van der Waals surface area contributed by atoms with Gasteiger partial charge in [0.1, 0.15) is 0 Å². The second kappa shape index (κ2) is 5.47. The van der Waals surface area contributed by atoms with E-state index in [-0.39, 0.29) is 0 Å². The van der Waals surface area contributed by atoms with Crippen LogP contribution < -0.4 is 10.1 Å². The van der Waals surface area contributed by atoms with E-state index in [1.54, 1.807) is 13.3 Å². The number of rotatable bonds is 5. The molecule has 1 aromatic rings. The van der Waals surface area contributed by atoms with E-state index >= 15 is 0 Å². The number of hydrogen-bond acceptors (Lipinski definition) is 3. The molecule has 3 nitrogen and oxygen atoms in total. The zero-order chi connectivity index (χ0) is 10.4. The van der Waals surface area contributed by atoms with Crippen molar-refractivity contribution in [2.45, 2.75) is 32.7 Å². The Morgan fingerprint density at radius 2 is 2.36 bits per heavy atom. The van der Waals surface area contributed by atoms with Crippen LogP contribution in [-0.4, -0.2) is 18.1 Å². The smallest absolute Gasteiger partial charge is 0.168 e. The lowest BCUT2D eigenvalue weighted by atomic mass is 10.2. The summed E-state index contributed by atoms with van der Waals surface area (Å²) in [6.07, 6.45) is 4.08. The summed E-state index contributed by atoms with van der Waals surface area (Å²) in [6.45, 7) is 4.32. The Hall–Kier alpha value is -1.25. The topological polar surface area (TPSA) is 34.2 Å². The maximum Gasteiger partial charge on any atom is 0.168 e. The normalized spacial score (nSPS) is 12.2. The lowest BCUT2D eigenvalue weighted by Gasteiger charge is -2.15. The summed E-state index contributed by atoms with van der Waals surface area (Å²) < 4.78 is 5.20. The van der Waals surface area contributed by atoms with Crippen molar-refractivity contribution >= 4 is 5.82 Å². The molecule has 0 amide bonds. The summed E-state index contributed by atoms with van der Waals surface area (Å²) in [7, 11) is 1.66. The minimum atomic E-state index is 0.434. The van der Waals surface area contributed by atoms with Crippen LogP contribution in [0.2, 0.25) is 0 Å². The molecule has 14 heavy (non-hydrogen) atoms. The lowest BCUT2D eigenvalue weighted by molar-refractivity contribution is 0.414. The van der Waals surface area contributed by atoms with Gasteiger partial charge in [0, 0.05) is 12.2 Å². The molecule has 1 N–H and O–H groups in total. The van der Waals surface area contributed by atoms with Crippen LogP contribution in [0.4, 0.5) is 5.82 Å². The fraction of sp³-hybridized carbons (Fsp3) is 0.545. The van der Waals surface area contributed by atoms with Crippen molar-refractivity contribution in [3.05, 3.63) is 18.3 Å². The number of nitrogens with one attached hydrogen (secondary N) is 1. The Balaban J connectivity index is 2.65. The van der Waals surface area contributed by atoms with Crippen LogP contribution in [0.3, 0.4) is 0 Å². The van der Waals surface area contributed by atoms with Crippen LogP contribution in [0.5, 0.6) is 5.75 Å². The summed E-state index contributed by atoms with van der Waals surface area (Å²) in [6, 6.07) is 4.21. The van der Waals surface area contributed by atoms with Crippen molar-refractivity contribution in [3.8, 4) is 5.75 Å². The predicted molar refractivity (Wildman–Crippen MR) is 58.8 cm³/mol. The molecule has 1 atom stereocenters. The number of pyridine rings is 1. The van der Waals surface area contributed by atoms with Gasteiger partial charge < -0.3 is 10.1 Å². The lowest BCUT2D eigenvalue weighted by Crippen LogP contribution is -2.15. The molecule has 1 rings (SSSR count). The molecule has 0 aliphatic heterocycles. The molecule has 1 unspecified atom stereocenters. The molecule has 0 fully saturated rings. The van der Waals surface area contributed by atoms with Crippen LogP contribution >= 0.6 is 0 Å². The zero-order valence-electron chi connectivity index (χ0n) is 9.08. The van der Waals surface area contributed by atoms with E-state index in [0.29, 0.717) is 6.04 Å². The van der Waals surface area contributed by atoms with Gasteiger partial charge in [0.25, 0.3) is 0 Å². The molecule has 1 aromatic heterocycles. The quantitative estimate of drug-likeness (QED) is 0.782. The molecule has 0 bridgehead atoms. The molecule has 1 heterocycles. The van der Waals surface area contributed by atoms with Crippen LogP contribution in [0.25, 0.3) is 0 Å². The van der Waals surface area contributed by atoms with Crippen LogP contribution in [0.15, 0.2) is 18.3 Å². The third-order valence-electron chi connectivity index (χ3n) is 2.10. The first-order valence-corrected chi connectivity index (χ1v) is 5.03. The van der Waals surface area contributed by atoms with Crippen molar-refractivity contribution < 1.29 is 4.74 Å². The fourth-order valence-electron chi connectivity index (χ4n) is 1.40. The fourth-order valence-corrected chi connectivity index (χ4v) is 1.40. The highest BCUT2D eigenvalue weighted by atomic mass is 16.5. The minimum Gasteiger partial charge on any atom is -0.493 e. The molecule has 0 aromatic carbocycles. The molecule has 0 saturated heterocycles. The Kier molecular flexibility index (Phi) is 4.23. The average molecular weight is 194 g/mol. The third-order valence-corrected chi connectivity index (χ3v) is 2.10. The van der Waals surface area contributed by atoms with Crippen molar-refractivity contribution in [1.82, 2.24) is 4.98 Å². The second-order valence-electron chi connectivity index (χ2n) is 3.39. The third kappa shape index (κ3) is 2.91. The Morgan fingerprint density at radius 3 is 3.00 bits per heavy atom. The molecule has 78 valence electrons. The van der Waals surface area contributed by atoms with E-state index in [1.807, 2.05) is 12.1 Å². The number of anilines is 1. The summed E-state index contributed by atoms with van der Waals surface area (Å²) >= 11 is 0. The molecule has 3 heteroatoms. The van der Waals surface area contributed by atoms with Crippen LogP contribution in [0.1, 0.15) is 26.7 Å². The number of hydrogen-bond donors (Lipinski definition) is 1. The first kappa shape index (κ1) is 10.8. The van der Waals surface area contributed by atoms with E-state index in [1.165, 1.54) is 6.42 Å². The predicted octanol–water partition coefficient (Wildman–Crippen LogP) is 2.69. The number of nitrogens with zero attached hydrogens (tertiary/aromatic N) is 1. The number of ether oxygens (including phenoxy) is 1. The van der Waals surface area contributed by atoms with Crippen LogP contribution in [0, 0.1) is 0 Å². The molecule has 0 radical (unpaired) electrons. The monoisotopic (exact) mass is 194 g/mol. The van der Waals surface area contributed by atoms with E-state index in [2.05, 4.69) is 24.1 Å². The van der Waals surface area contributed by atoms with Gasteiger partial charge in [-0.05, 0) is 25.5 Å². The first-order valence-electron chi connectivity index (χ1n) is 5.03. The van der Waals surface area contributed by atoms with Gasteiger partial charge in [0.15, 0.2) is 11.6 Å². The van der Waals surface area contributed by atoms with Crippen molar-refractivity contribution in [2.75, 3.05) is 12.4 Å². The van der Waals surface area contributed by atoms with Gasteiger partial charge in [-0.1, -0.05) is 13.3 Å². The second-order valence-corrected chi connectivity index (χ2v) is 3.39. The largest absolute Gasteiger partial charge is 0.493 e. The van der Waals surface area contributed by atoms with Gasteiger partial charge in [-0.3, -0.25) is 0 Å². The van der Waals surface area contributed by atoms with Gasteiger partial charge in [0.05, 0.1) is 7.11 Å². The highest BCUT2D eigenvalue weighted by Crippen LogP contribution is 2.21. The van der Waals surface area contributed by atoms with Gasteiger partial charge in [-0.15, -0.1) is 0 Å². The van der Waals surface area contributed by atoms with Crippen molar-refractivity contribution in [3.63, 3.8) is 0 Å². The van der Waals surface area contributed by atoms with E-state index in [0.717, 1.165) is 18.0 Å². The van der Waals surface area contributed by atoms with Gasteiger partial charge in [-0.2, -0.15) is 0 Å². The molecular weight excluding hydrogens is 176 g/mol. The average Bonchev–Trinajstić information content (AvgIpc) is 2.19. The highest BCUT2D eigenvalue weighted by Gasteiger charge is 2.06. The molecule has 0 spiro atoms. The summed E-state index contributed by atoms with van der Waals surface area (Å²) in [5.41, 5.74) is 0. The Labute approximate surface area is 85.5 Å². The zero-order valence-corrected chi connectivity index (χ0v) is 9.08. The maximum atomic E-state index is 5.20. The SMILES string of the molecule is CCCC(C)Nc1ncccc1OC. The van der Waals surface area contributed by atoms with Gasteiger partial charge in [0.2, 0.25) is 0 Å². The summed E-state index contributed by atoms with van der Waals surface area (Å²) in [5, 5.41) is 3.33. The molecular formula is C11H18N2O. The highest BCUT2D eigenvalue weighted by molar-refractivity contribution is 5.49.